The highest BCUT2D eigenvalue weighted by molar-refractivity contribution is 5.14. The van der Waals surface area contributed by atoms with Crippen LogP contribution in [-0.4, -0.2) is 16.7 Å². The van der Waals surface area contributed by atoms with Gasteiger partial charge in [-0.2, -0.15) is 0 Å². The largest absolute Gasteiger partial charge is 0.394 e. The number of alkyl halides is 2. The summed E-state index contributed by atoms with van der Waals surface area (Å²) in [6.07, 6.45) is -2.61. The number of hydrogen-bond acceptors (Lipinski definition) is 3. The number of rotatable bonds is 3. The first-order valence-corrected chi connectivity index (χ1v) is 3.76. The van der Waals surface area contributed by atoms with Crippen molar-refractivity contribution < 1.29 is 13.9 Å². The van der Waals surface area contributed by atoms with Crippen molar-refractivity contribution >= 4 is 0 Å². The van der Waals surface area contributed by atoms with Crippen LogP contribution in [0.1, 0.15) is 23.9 Å². The van der Waals surface area contributed by atoms with E-state index in [1.54, 1.807) is 0 Å². The SMILES string of the molecule is NC(CO)c1cccc(C(F)F)n1. The van der Waals surface area contributed by atoms with Gasteiger partial charge in [0.1, 0.15) is 5.69 Å². The van der Waals surface area contributed by atoms with Gasteiger partial charge in [0.05, 0.1) is 18.3 Å². The standard InChI is InChI=1S/C8H10F2N2O/c9-8(10)7-3-1-2-6(12-7)5(11)4-13/h1-3,5,8,13H,4,11H2. The van der Waals surface area contributed by atoms with Gasteiger partial charge in [-0.15, -0.1) is 0 Å². The third-order valence-electron chi connectivity index (χ3n) is 1.59. The van der Waals surface area contributed by atoms with Gasteiger partial charge in [0.15, 0.2) is 0 Å². The molecular formula is C8H10F2N2O. The smallest absolute Gasteiger partial charge is 0.280 e. The molecule has 1 rings (SSSR count). The highest BCUT2D eigenvalue weighted by Gasteiger charge is 2.11. The number of aliphatic hydroxyl groups excluding tert-OH is 1. The van der Waals surface area contributed by atoms with E-state index in [4.69, 9.17) is 10.8 Å². The molecular weight excluding hydrogens is 178 g/mol. The Balaban J connectivity index is 2.91. The minimum atomic E-state index is -2.61. The Morgan fingerprint density at radius 2 is 2.00 bits per heavy atom. The van der Waals surface area contributed by atoms with E-state index in [0.29, 0.717) is 0 Å². The molecule has 3 N–H and O–H groups in total. The maximum atomic E-state index is 12.1. The molecule has 1 aromatic heterocycles. The zero-order valence-corrected chi connectivity index (χ0v) is 6.82. The molecule has 0 saturated carbocycles. The Morgan fingerprint density at radius 3 is 2.54 bits per heavy atom. The van der Waals surface area contributed by atoms with Gasteiger partial charge in [-0.1, -0.05) is 6.07 Å². The average molecular weight is 188 g/mol. The highest BCUT2D eigenvalue weighted by Crippen LogP contribution is 2.17. The fraction of sp³-hybridized carbons (Fsp3) is 0.375. The van der Waals surface area contributed by atoms with Crippen LogP contribution >= 0.6 is 0 Å². The molecule has 13 heavy (non-hydrogen) atoms. The highest BCUT2D eigenvalue weighted by atomic mass is 19.3. The van der Waals surface area contributed by atoms with Crippen molar-refractivity contribution in [3.63, 3.8) is 0 Å². The monoisotopic (exact) mass is 188 g/mol. The number of halogens is 2. The predicted molar refractivity (Wildman–Crippen MR) is 43.2 cm³/mol. The van der Waals surface area contributed by atoms with Gasteiger partial charge in [0, 0.05) is 0 Å². The summed E-state index contributed by atoms with van der Waals surface area (Å²) in [5.41, 5.74) is 5.37. The van der Waals surface area contributed by atoms with Gasteiger partial charge in [0.2, 0.25) is 0 Å². The van der Waals surface area contributed by atoms with E-state index in [9.17, 15) is 8.78 Å². The Bertz CT molecular complexity index is 281. The number of pyridine rings is 1. The first-order valence-electron chi connectivity index (χ1n) is 3.76. The van der Waals surface area contributed by atoms with Crippen LogP contribution in [0.25, 0.3) is 0 Å². The van der Waals surface area contributed by atoms with E-state index >= 15 is 0 Å². The Hall–Kier alpha value is -1.07. The van der Waals surface area contributed by atoms with Crippen LogP contribution in [0.15, 0.2) is 18.2 Å². The Kier molecular flexibility index (Phi) is 3.27. The molecule has 0 saturated heterocycles. The summed E-state index contributed by atoms with van der Waals surface area (Å²) in [6, 6.07) is 3.48. The summed E-state index contributed by atoms with van der Waals surface area (Å²) in [5, 5.41) is 8.67. The normalized spacial score (nSPS) is 13.3. The van der Waals surface area contributed by atoms with Crippen molar-refractivity contribution in [2.45, 2.75) is 12.5 Å². The van der Waals surface area contributed by atoms with Crippen LogP contribution in [0.2, 0.25) is 0 Å². The lowest BCUT2D eigenvalue weighted by atomic mass is 10.2. The lowest BCUT2D eigenvalue weighted by Gasteiger charge is -2.08. The molecule has 1 unspecified atom stereocenters. The molecule has 1 atom stereocenters. The molecule has 0 fully saturated rings. The van der Waals surface area contributed by atoms with Crippen LogP contribution < -0.4 is 5.73 Å². The molecule has 0 spiro atoms. The van der Waals surface area contributed by atoms with E-state index < -0.39 is 12.5 Å². The van der Waals surface area contributed by atoms with Crippen molar-refractivity contribution in [1.29, 1.82) is 0 Å². The summed E-state index contributed by atoms with van der Waals surface area (Å²) in [6.45, 7) is -0.306. The van der Waals surface area contributed by atoms with Crippen LogP contribution in [0.4, 0.5) is 8.78 Å². The van der Waals surface area contributed by atoms with Crippen LogP contribution in [0, 0.1) is 0 Å². The van der Waals surface area contributed by atoms with Gasteiger partial charge in [-0.3, -0.25) is 4.98 Å². The van der Waals surface area contributed by atoms with Crippen molar-refractivity contribution in [2.24, 2.45) is 5.73 Å². The lowest BCUT2D eigenvalue weighted by Crippen LogP contribution is -2.16. The van der Waals surface area contributed by atoms with E-state index in [-0.39, 0.29) is 18.0 Å². The second-order valence-corrected chi connectivity index (χ2v) is 2.58. The predicted octanol–water partition coefficient (Wildman–Crippen LogP) is 1.01. The van der Waals surface area contributed by atoms with Crippen molar-refractivity contribution in [3.8, 4) is 0 Å². The number of nitrogens with two attached hydrogens (primary N) is 1. The van der Waals surface area contributed by atoms with Crippen LogP contribution in [0.5, 0.6) is 0 Å². The third-order valence-corrected chi connectivity index (χ3v) is 1.59. The van der Waals surface area contributed by atoms with Crippen molar-refractivity contribution in [3.05, 3.63) is 29.6 Å². The van der Waals surface area contributed by atoms with E-state index in [2.05, 4.69) is 4.98 Å². The van der Waals surface area contributed by atoms with Gasteiger partial charge >= 0.3 is 0 Å². The van der Waals surface area contributed by atoms with E-state index in [0.717, 1.165) is 0 Å². The number of aromatic nitrogens is 1. The second kappa shape index (κ2) is 4.25. The molecule has 0 aliphatic carbocycles. The van der Waals surface area contributed by atoms with Gasteiger partial charge in [0.25, 0.3) is 6.43 Å². The topological polar surface area (TPSA) is 59.1 Å². The zero-order valence-electron chi connectivity index (χ0n) is 6.82. The van der Waals surface area contributed by atoms with Gasteiger partial charge < -0.3 is 10.8 Å². The fourth-order valence-corrected chi connectivity index (χ4v) is 0.890. The van der Waals surface area contributed by atoms with E-state index in [1.165, 1.54) is 18.2 Å². The Morgan fingerprint density at radius 1 is 1.38 bits per heavy atom. The van der Waals surface area contributed by atoms with Crippen molar-refractivity contribution in [1.82, 2.24) is 4.98 Å². The zero-order chi connectivity index (χ0) is 9.84. The molecule has 0 aliphatic heterocycles. The minimum absolute atomic E-state index is 0.278. The second-order valence-electron chi connectivity index (χ2n) is 2.58. The van der Waals surface area contributed by atoms with Gasteiger partial charge in [-0.25, -0.2) is 8.78 Å². The molecule has 3 nitrogen and oxygen atoms in total. The molecule has 0 aliphatic rings. The average Bonchev–Trinajstić information content (AvgIpc) is 2.17. The molecule has 0 bridgehead atoms. The maximum absolute atomic E-state index is 12.1. The summed E-state index contributed by atoms with van der Waals surface area (Å²) in [5.74, 6) is 0. The van der Waals surface area contributed by atoms with Gasteiger partial charge in [-0.05, 0) is 12.1 Å². The summed E-state index contributed by atoms with van der Waals surface area (Å²) >= 11 is 0. The molecule has 1 heterocycles. The third kappa shape index (κ3) is 2.43. The first kappa shape index (κ1) is 10.0. The molecule has 72 valence electrons. The number of hydrogen-bond donors (Lipinski definition) is 2. The molecule has 0 amide bonds. The number of nitrogens with zero attached hydrogens (tertiary/aromatic N) is 1. The quantitative estimate of drug-likeness (QED) is 0.744. The Labute approximate surface area is 74.2 Å². The fourth-order valence-electron chi connectivity index (χ4n) is 0.890. The summed E-state index contributed by atoms with van der Waals surface area (Å²) < 4.78 is 24.3. The summed E-state index contributed by atoms with van der Waals surface area (Å²) in [7, 11) is 0. The summed E-state index contributed by atoms with van der Waals surface area (Å²) in [4.78, 5) is 3.61. The minimum Gasteiger partial charge on any atom is -0.394 e. The maximum Gasteiger partial charge on any atom is 0.280 e. The molecule has 0 aromatic carbocycles. The van der Waals surface area contributed by atoms with Crippen LogP contribution in [-0.2, 0) is 0 Å². The number of aliphatic hydroxyl groups is 1. The van der Waals surface area contributed by atoms with Crippen LogP contribution in [0.3, 0.4) is 0 Å². The first-order chi connectivity index (χ1) is 6.15. The molecule has 5 heteroatoms. The lowest BCUT2D eigenvalue weighted by molar-refractivity contribution is 0.145. The van der Waals surface area contributed by atoms with E-state index in [1.807, 2.05) is 0 Å². The van der Waals surface area contributed by atoms with Crippen molar-refractivity contribution in [2.75, 3.05) is 6.61 Å². The molecule has 1 aromatic rings. The molecule has 0 radical (unpaired) electrons.